The topological polar surface area (TPSA) is 118 Å². The zero-order valence-electron chi connectivity index (χ0n) is 18.1. The highest BCUT2D eigenvalue weighted by Crippen LogP contribution is 2.35. The first-order valence-corrected chi connectivity index (χ1v) is 11.1. The minimum Gasteiger partial charge on any atom is -0.398 e. The molecule has 0 bridgehead atoms. The Morgan fingerprint density at radius 1 is 1.34 bits per heavy atom. The summed E-state index contributed by atoms with van der Waals surface area (Å²) in [6.45, 7) is 3.10. The molecule has 1 aliphatic heterocycles. The number of hydrogen-bond donors (Lipinski definition) is 2. The molecule has 9 nitrogen and oxygen atoms in total. The van der Waals surface area contributed by atoms with Crippen LogP contribution in [0.15, 0.2) is 24.3 Å². The van der Waals surface area contributed by atoms with Crippen molar-refractivity contribution in [2.45, 2.75) is 6.61 Å². The SMILES string of the molecule is CN(C)C(=O)COCc1cc2nc(-c3cccc(N)c3C=N)nc(N3CCOCC3)c2s1. The molecule has 0 radical (unpaired) electrons. The number of thiophene rings is 1. The monoisotopic (exact) mass is 454 g/mol. The smallest absolute Gasteiger partial charge is 0.248 e. The molecule has 3 N–H and O–H groups in total. The molecule has 1 saturated heterocycles. The second kappa shape index (κ2) is 9.60. The zero-order valence-corrected chi connectivity index (χ0v) is 18.9. The molecule has 32 heavy (non-hydrogen) atoms. The van der Waals surface area contributed by atoms with Crippen molar-refractivity contribution in [3.63, 3.8) is 0 Å². The fraction of sp³-hybridized carbons (Fsp3) is 0.364. The van der Waals surface area contributed by atoms with Crippen molar-refractivity contribution < 1.29 is 14.3 Å². The van der Waals surface area contributed by atoms with Crippen LogP contribution in [0.4, 0.5) is 11.5 Å². The molecule has 168 valence electrons. The van der Waals surface area contributed by atoms with Gasteiger partial charge in [0.25, 0.3) is 0 Å². The maximum atomic E-state index is 11.8. The molecular formula is C22H26N6O3S. The Balaban J connectivity index is 1.74. The number of nitrogens with zero attached hydrogens (tertiary/aromatic N) is 4. The molecule has 0 atom stereocenters. The van der Waals surface area contributed by atoms with Gasteiger partial charge in [-0.15, -0.1) is 11.3 Å². The van der Waals surface area contributed by atoms with Gasteiger partial charge in [0.1, 0.15) is 6.61 Å². The molecule has 0 saturated carbocycles. The summed E-state index contributed by atoms with van der Waals surface area (Å²) >= 11 is 1.57. The van der Waals surface area contributed by atoms with E-state index >= 15 is 0 Å². The molecule has 2 aromatic heterocycles. The number of hydrogen-bond acceptors (Lipinski definition) is 9. The van der Waals surface area contributed by atoms with Crippen LogP contribution in [0.25, 0.3) is 21.6 Å². The van der Waals surface area contributed by atoms with E-state index in [-0.39, 0.29) is 12.5 Å². The average molecular weight is 455 g/mol. The van der Waals surface area contributed by atoms with Crippen molar-refractivity contribution in [1.29, 1.82) is 5.41 Å². The third-order valence-electron chi connectivity index (χ3n) is 5.21. The van der Waals surface area contributed by atoms with Crippen molar-refractivity contribution in [3.8, 4) is 11.4 Å². The highest BCUT2D eigenvalue weighted by Gasteiger charge is 2.21. The first-order chi connectivity index (χ1) is 15.5. The van der Waals surface area contributed by atoms with Crippen LogP contribution in [0.5, 0.6) is 0 Å². The highest BCUT2D eigenvalue weighted by molar-refractivity contribution is 7.19. The standard InChI is InChI=1S/C22H26N6O3S/c1-27(2)19(29)13-31-12-14-10-18-20(32-14)22(28-6-8-30-9-7-28)26-21(25-18)15-4-3-5-17(24)16(15)11-23/h3-5,10-11,23H,6-9,12-13,24H2,1-2H3. The van der Waals surface area contributed by atoms with Crippen LogP contribution in [0.1, 0.15) is 10.4 Å². The number of fused-ring (bicyclic) bond motifs is 1. The summed E-state index contributed by atoms with van der Waals surface area (Å²) in [5, 5.41) is 7.80. The third-order valence-corrected chi connectivity index (χ3v) is 6.30. The molecule has 3 aromatic rings. The number of nitrogen functional groups attached to an aromatic ring is 1. The molecule has 0 unspecified atom stereocenters. The number of morpholine rings is 1. The molecule has 3 heterocycles. The summed E-state index contributed by atoms with van der Waals surface area (Å²) in [7, 11) is 3.41. The predicted molar refractivity (Wildman–Crippen MR) is 127 cm³/mol. The number of nitrogens with one attached hydrogen (secondary N) is 1. The molecule has 4 rings (SSSR count). The summed E-state index contributed by atoms with van der Waals surface area (Å²) < 4.78 is 12.1. The van der Waals surface area contributed by atoms with Gasteiger partial charge in [-0.25, -0.2) is 9.97 Å². The molecule has 1 amide bonds. The molecular weight excluding hydrogens is 428 g/mol. The highest BCUT2D eigenvalue weighted by atomic mass is 32.1. The number of rotatable bonds is 7. The van der Waals surface area contributed by atoms with E-state index in [1.807, 2.05) is 18.2 Å². The van der Waals surface area contributed by atoms with Crippen molar-refractivity contribution in [2.75, 3.05) is 57.6 Å². The Morgan fingerprint density at radius 2 is 2.12 bits per heavy atom. The van der Waals surface area contributed by atoms with Crippen LogP contribution < -0.4 is 10.6 Å². The number of carbonyl (C=O) groups excluding carboxylic acids is 1. The molecule has 1 aliphatic rings. The van der Waals surface area contributed by atoms with E-state index in [0.29, 0.717) is 36.9 Å². The van der Waals surface area contributed by atoms with Crippen LogP contribution in [0.3, 0.4) is 0 Å². The Labute approximate surface area is 190 Å². The van der Waals surface area contributed by atoms with Gasteiger partial charge in [-0.1, -0.05) is 12.1 Å². The minimum absolute atomic E-state index is 0.0283. The van der Waals surface area contributed by atoms with E-state index in [0.717, 1.165) is 39.6 Å². The summed E-state index contributed by atoms with van der Waals surface area (Å²) in [4.78, 5) is 26.2. The van der Waals surface area contributed by atoms with E-state index in [2.05, 4.69) is 4.90 Å². The number of aromatic nitrogens is 2. The van der Waals surface area contributed by atoms with Gasteiger partial charge in [-0.3, -0.25) is 4.79 Å². The Kier molecular flexibility index (Phi) is 6.63. The number of nitrogens with two attached hydrogens (primary N) is 1. The van der Waals surface area contributed by atoms with Gasteiger partial charge in [-0.05, 0) is 12.1 Å². The van der Waals surface area contributed by atoms with Gasteiger partial charge in [0, 0.05) is 55.1 Å². The Hall–Kier alpha value is -3.08. The number of benzene rings is 1. The van der Waals surface area contributed by atoms with Crippen LogP contribution in [0.2, 0.25) is 0 Å². The van der Waals surface area contributed by atoms with Crippen molar-refractivity contribution in [3.05, 3.63) is 34.7 Å². The molecule has 1 aromatic carbocycles. The van der Waals surface area contributed by atoms with E-state index < -0.39 is 0 Å². The van der Waals surface area contributed by atoms with E-state index in [4.69, 9.17) is 30.6 Å². The molecule has 10 heteroatoms. The number of ether oxygens (including phenoxy) is 2. The van der Waals surface area contributed by atoms with Gasteiger partial charge in [-0.2, -0.15) is 0 Å². The first kappa shape index (κ1) is 22.1. The lowest BCUT2D eigenvalue weighted by Gasteiger charge is -2.28. The van der Waals surface area contributed by atoms with E-state index in [1.54, 1.807) is 31.5 Å². The maximum absolute atomic E-state index is 11.8. The van der Waals surface area contributed by atoms with Crippen molar-refractivity contribution in [2.24, 2.45) is 0 Å². The molecule has 0 aliphatic carbocycles. The largest absolute Gasteiger partial charge is 0.398 e. The quantitative estimate of drug-likeness (QED) is 0.416. The lowest BCUT2D eigenvalue weighted by atomic mass is 10.1. The van der Waals surface area contributed by atoms with Gasteiger partial charge in [0.2, 0.25) is 5.91 Å². The Morgan fingerprint density at radius 3 is 2.84 bits per heavy atom. The molecule has 1 fully saturated rings. The van der Waals surface area contributed by atoms with Gasteiger partial charge in [0.15, 0.2) is 11.6 Å². The second-order valence-electron chi connectivity index (χ2n) is 7.63. The summed E-state index contributed by atoms with van der Waals surface area (Å²) in [6.07, 6.45) is 1.24. The van der Waals surface area contributed by atoms with Crippen molar-refractivity contribution >= 4 is 45.2 Å². The van der Waals surface area contributed by atoms with Gasteiger partial charge in [0.05, 0.1) is 30.0 Å². The summed E-state index contributed by atoms with van der Waals surface area (Å²) in [5.41, 5.74) is 8.72. The van der Waals surface area contributed by atoms with Gasteiger partial charge >= 0.3 is 0 Å². The fourth-order valence-corrected chi connectivity index (χ4v) is 4.50. The summed E-state index contributed by atoms with van der Waals surface area (Å²) in [6, 6.07) is 7.46. The predicted octanol–water partition coefficient (Wildman–Crippen LogP) is 2.38. The number of amides is 1. The second-order valence-corrected chi connectivity index (χ2v) is 8.77. The van der Waals surface area contributed by atoms with E-state index in [9.17, 15) is 4.79 Å². The zero-order chi connectivity index (χ0) is 22.7. The number of likely N-dealkylation sites (N-methyl/N-ethyl adjacent to an activating group) is 1. The number of anilines is 2. The number of carbonyl (C=O) groups is 1. The van der Waals surface area contributed by atoms with Gasteiger partial charge < -0.3 is 30.4 Å². The average Bonchev–Trinajstić information content (AvgIpc) is 3.21. The van der Waals surface area contributed by atoms with Crippen LogP contribution in [-0.4, -0.2) is 74.0 Å². The lowest BCUT2D eigenvalue weighted by molar-refractivity contribution is -0.133. The Bertz CT molecular complexity index is 1140. The summed E-state index contributed by atoms with van der Waals surface area (Å²) in [5.74, 6) is 1.29. The minimum atomic E-state index is -0.0805. The lowest BCUT2D eigenvalue weighted by Crippen LogP contribution is -2.36. The fourth-order valence-electron chi connectivity index (χ4n) is 3.45. The molecule has 0 spiro atoms. The normalized spacial score (nSPS) is 14.0. The maximum Gasteiger partial charge on any atom is 0.248 e. The van der Waals surface area contributed by atoms with E-state index in [1.165, 1.54) is 11.1 Å². The van der Waals surface area contributed by atoms with Crippen molar-refractivity contribution in [1.82, 2.24) is 14.9 Å². The first-order valence-electron chi connectivity index (χ1n) is 10.3. The van der Waals surface area contributed by atoms with Crippen LogP contribution >= 0.6 is 11.3 Å². The third kappa shape index (κ3) is 4.57. The van der Waals surface area contributed by atoms with Crippen LogP contribution in [-0.2, 0) is 20.9 Å². The van der Waals surface area contributed by atoms with Crippen LogP contribution in [0, 0.1) is 5.41 Å².